The molecule has 1 atom stereocenters. The fraction of sp³-hybridized carbons (Fsp3) is 0.190. The average molecular weight is 366 g/mol. The van der Waals surface area contributed by atoms with Crippen LogP contribution in [-0.4, -0.2) is 31.9 Å². The summed E-state index contributed by atoms with van der Waals surface area (Å²) in [6.45, 7) is 1.60. The van der Waals surface area contributed by atoms with Crippen LogP contribution < -0.4 is 10.6 Å². The van der Waals surface area contributed by atoms with Crippen LogP contribution in [0.3, 0.4) is 0 Å². The van der Waals surface area contributed by atoms with E-state index in [9.17, 15) is 14.4 Å². The van der Waals surface area contributed by atoms with E-state index in [2.05, 4.69) is 10.6 Å². The van der Waals surface area contributed by atoms with E-state index >= 15 is 0 Å². The maximum Gasteiger partial charge on any atom is 0.336 e. The first kappa shape index (κ1) is 19.9. The van der Waals surface area contributed by atoms with Gasteiger partial charge in [0.2, 0.25) is 5.91 Å². The van der Waals surface area contributed by atoms with E-state index in [0.717, 1.165) is 5.56 Å². The number of hydrogen-bond acceptors (Lipinski definition) is 4. The highest BCUT2D eigenvalue weighted by atomic mass is 16.5. The second-order valence-electron chi connectivity index (χ2n) is 6.01. The molecule has 2 amide bonds. The fourth-order valence-corrected chi connectivity index (χ4v) is 2.57. The first-order chi connectivity index (χ1) is 12.9. The summed E-state index contributed by atoms with van der Waals surface area (Å²) in [4.78, 5) is 36.2. The van der Waals surface area contributed by atoms with Gasteiger partial charge in [0.1, 0.15) is 0 Å². The summed E-state index contributed by atoms with van der Waals surface area (Å²) >= 11 is 0. The topological polar surface area (TPSA) is 84.5 Å². The van der Waals surface area contributed by atoms with Gasteiger partial charge in [-0.1, -0.05) is 42.5 Å². The van der Waals surface area contributed by atoms with Gasteiger partial charge in [-0.15, -0.1) is 0 Å². The van der Waals surface area contributed by atoms with E-state index in [1.165, 1.54) is 13.2 Å². The standard InChI is InChI=1S/C21H22N2O4/c1-21(20(26)27-3,17-7-5-4-6-8-17)23-18(24)14-11-15-9-12-16(13-10-15)19(25)22-2/h4-14H,1-3H3,(H,22,25)(H,23,24)/b14-11+. The molecule has 6 heteroatoms. The van der Waals surface area contributed by atoms with Crippen LogP contribution in [0, 0.1) is 0 Å². The maximum absolute atomic E-state index is 12.4. The van der Waals surface area contributed by atoms with Crippen molar-refractivity contribution in [1.82, 2.24) is 10.6 Å². The molecule has 2 rings (SSSR count). The Labute approximate surface area is 158 Å². The Hall–Kier alpha value is -3.41. The molecule has 2 aromatic carbocycles. The Bertz CT molecular complexity index is 844. The van der Waals surface area contributed by atoms with Gasteiger partial charge in [-0.25, -0.2) is 4.79 Å². The minimum absolute atomic E-state index is 0.181. The summed E-state index contributed by atoms with van der Waals surface area (Å²) in [6.07, 6.45) is 2.94. The maximum atomic E-state index is 12.4. The molecule has 140 valence electrons. The van der Waals surface area contributed by atoms with E-state index in [0.29, 0.717) is 11.1 Å². The molecule has 0 saturated carbocycles. The third-order valence-corrected chi connectivity index (χ3v) is 4.15. The number of methoxy groups -OCH3 is 1. The lowest BCUT2D eigenvalue weighted by molar-refractivity contribution is -0.150. The zero-order valence-electron chi connectivity index (χ0n) is 15.5. The number of carbonyl (C=O) groups is 3. The molecular weight excluding hydrogens is 344 g/mol. The van der Waals surface area contributed by atoms with Crippen LogP contribution in [-0.2, 0) is 19.9 Å². The summed E-state index contributed by atoms with van der Waals surface area (Å²) in [5.74, 6) is -1.19. The van der Waals surface area contributed by atoms with Crippen molar-refractivity contribution in [2.24, 2.45) is 0 Å². The molecule has 0 saturated heterocycles. The van der Waals surface area contributed by atoms with Crippen molar-refractivity contribution < 1.29 is 19.1 Å². The molecule has 0 fully saturated rings. The zero-order valence-corrected chi connectivity index (χ0v) is 15.5. The second kappa shape index (κ2) is 8.80. The number of carbonyl (C=O) groups excluding carboxylic acids is 3. The van der Waals surface area contributed by atoms with Gasteiger partial charge in [0.15, 0.2) is 5.54 Å². The van der Waals surface area contributed by atoms with Crippen molar-refractivity contribution in [2.75, 3.05) is 14.2 Å². The van der Waals surface area contributed by atoms with E-state index in [4.69, 9.17) is 4.74 Å². The van der Waals surface area contributed by atoms with Crippen LogP contribution in [0.1, 0.15) is 28.4 Å². The normalized spacial score (nSPS) is 12.9. The van der Waals surface area contributed by atoms with E-state index < -0.39 is 17.4 Å². The van der Waals surface area contributed by atoms with Crippen molar-refractivity contribution in [2.45, 2.75) is 12.5 Å². The van der Waals surface area contributed by atoms with Crippen LogP contribution in [0.4, 0.5) is 0 Å². The SMILES string of the molecule is CNC(=O)c1ccc(/C=C/C(=O)NC(C)(C(=O)OC)c2ccccc2)cc1. The summed E-state index contributed by atoms with van der Waals surface area (Å²) in [5, 5.41) is 5.25. The van der Waals surface area contributed by atoms with Crippen LogP contribution in [0.25, 0.3) is 6.08 Å². The summed E-state index contributed by atoms with van der Waals surface area (Å²) in [7, 11) is 2.84. The van der Waals surface area contributed by atoms with Crippen molar-refractivity contribution in [3.8, 4) is 0 Å². The number of amides is 2. The number of benzene rings is 2. The predicted octanol–water partition coefficient (Wildman–Crippen LogP) is 2.26. The molecular formula is C21H22N2O4. The lowest BCUT2D eigenvalue weighted by atomic mass is 9.92. The minimum atomic E-state index is -1.31. The Kier molecular flexibility index (Phi) is 6.49. The van der Waals surface area contributed by atoms with Gasteiger partial charge in [-0.2, -0.15) is 0 Å². The molecule has 0 aromatic heterocycles. The molecule has 0 aliphatic carbocycles. The van der Waals surface area contributed by atoms with E-state index in [1.807, 2.05) is 6.07 Å². The van der Waals surface area contributed by atoms with Gasteiger partial charge < -0.3 is 15.4 Å². The Morgan fingerprint density at radius 2 is 1.63 bits per heavy atom. The number of ether oxygens (including phenoxy) is 1. The van der Waals surface area contributed by atoms with Crippen LogP contribution in [0.2, 0.25) is 0 Å². The summed E-state index contributed by atoms with van der Waals surface area (Å²) in [5.41, 5.74) is 0.591. The Morgan fingerprint density at radius 3 is 2.19 bits per heavy atom. The highest BCUT2D eigenvalue weighted by molar-refractivity contribution is 5.97. The highest BCUT2D eigenvalue weighted by Gasteiger charge is 2.37. The van der Waals surface area contributed by atoms with Crippen molar-refractivity contribution in [3.05, 3.63) is 77.4 Å². The molecule has 27 heavy (non-hydrogen) atoms. The molecule has 0 spiro atoms. The molecule has 0 aliphatic rings. The monoisotopic (exact) mass is 366 g/mol. The Morgan fingerprint density at radius 1 is 1.00 bits per heavy atom. The van der Waals surface area contributed by atoms with Crippen molar-refractivity contribution in [3.63, 3.8) is 0 Å². The molecule has 6 nitrogen and oxygen atoms in total. The molecule has 0 heterocycles. The van der Waals surface area contributed by atoms with Crippen LogP contribution in [0.15, 0.2) is 60.7 Å². The number of rotatable bonds is 6. The van der Waals surface area contributed by atoms with Crippen LogP contribution >= 0.6 is 0 Å². The fourth-order valence-electron chi connectivity index (χ4n) is 2.57. The van der Waals surface area contributed by atoms with Gasteiger partial charge in [0, 0.05) is 18.7 Å². The summed E-state index contributed by atoms with van der Waals surface area (Å²) in [6, 6.07) is 15.7. The van der Waals surface area contributed by atoms with Crippen molar-refractivity contribution in [1.29, 1.82) is 0 Å². The van der Waals surface area contributed by atoms with Gasteiger partial charge >= 0.3 is 5.97 Å². The third kappa shape index (κ3) is 4.82. The largest absolute Gasteiger partial charge is 0.467 e. The van der Waals surface area contributed by atoms with Gasteiger partial charge in [-0.05, 0) is 36.3 Å². The predicted molar refractivity (Wildman–Crippen MR) is 103 cm³/mol. The molecule has 2 N–H and O–H groups in total. The average Bonchev–Trinajstić information content (AvgIpc) is 2.71. The summed E-state index contributed by atoms with van der Waals surface area (Å²) < 4.78 is 4.86. The molecule has 1 unspecified atom stereocenters. The minimum Gasteiger partial charge on any atom is -0.467 e. The van der Waals surface area contributed by atoms with Gasteiger partial charge in [-0.3, -0.25) is 9.59 Å². The van der Waals surface area contributed by atoms with Gasteiger partial charge in [0.25, 0.3) is 5.91 Å². The Balaban J connectivity index is 2.15. The lowest BCUT2D eigenvalue weighted by Gasteiger charge is -2.27. The van der Waals surface area contributed by atoms with Crippen LogP contribution in [0.5, 0.6) is 0 Å². The lowest BCUT2D eigenvalue weighted by Crippen LogP contribution is -2.49. The van der Waals surface area contributed by atoms with Crippen molar-refractivity contribution >= 4 is 23.9 Å². The first-order valence-electron chi connectivity index (χ1n) is 8.37. The molecule has 0 radical (unpaired) electrons. The van der Waals surface area contributed by atoms with Gasteiger partial charge in [0.05, 0.1) is 7.11 Å². The molecule has 0 aliphatic heterocycles. The van der Waals surface area contributed by atoms with E-state index in [-0.39, 0.29) is 5.91 Å². The number of nitrogens with one attached hydrogen (secondary N) is 2. The molecule has 0 bridgehead atoms. The smallest absolute Gasteiger partial charge is 0.336 e. The number of hydrogen-bond donors (Lipinski definition) is 2. The third-order valence-electron chi connectivity index (χ3n) is 4.15. The quantitative estimate of drug-likeness (QED) is 0.607. The number of esters is 1. The highest BCUT2D eigenvalue weighted by Crippen LogP contribution is 2.22. The zero-order chi connectivity index (χ0) is 19.9. The van der Waals surface area contributed by atoms with E-state index in [1.54, 1.807) is 68.6 Å². The molecule has 2 aromatic rings. The first-order valence-corrected chi connectivity index (χ1v) is 8.37. The second-order valence-corrected chi connectivity index (χ2v) is 6.01.